The van der Waals surface area contributed by atoms with Crippen molar-refractivity contribution in [2.45, 2.75) is 109 Å². The zero-order valence-corrected chi connectivity index (χ0v) is 21.2. The second-order valence-electron chi connectivity index (χ2n) is 12.3. The molecule has 0 amide bonds. The van der Waals surface area contributed by atoms with Gasteiger partial charge in [-0.05, 0) is 85.9 Å². The molecule has 0 radical (unpaired) electrons. The predicted octanol–water partition coefficient (Wildman–Crippen LogP) is 5.71. The van der Waals surface area contributed by atoms with E-state index in [1.807, 2.05) is 0 Å². The highest BCUT2D eigenvalue weighted by molar-refractivity contribution is 5.85. The minimum Gasteiger partial charge on any atom is -0.469 e. The molecule has 32 heavy (non-hydrogen) atoms. The van der Waals surface area contributed by atoms with Crippen molar-refractivity contribution in [1.82, 2.24) is 5.32 Å². The zero-order chi connectivity index (χ0) is 21.8. The number of nitrogens with one attached hydrogen (secondary N) is 1. The van der Waals surface area contributed by atoms with Crippen molar-refractivity contribution in [2.75, 3.05) is 7.11 Å². The molecular weight excluding hydrogens is 422 g/mol. The van der Waals surface area contributed by atoms with Gasteiger partial charge in [-0.15, -0.1) is 12.4 Å². The molecule has 0 aromatic heterocycles. The molecule has 0 bridgehead atoms. The van der Waals surface area contributed by atoms with Gasteiger partial charge in [-0.1, -0.05) is 33.1 Å². The van der Waals surface area contributed by atoms with E-state index in [0.717, 1.165) is 32.1 Å². The smallest absolute Gasteiger partial charge is 0.309 e. The number of ether oxygens (including phenoxy) is 1. The maximum Gasteiger partial charge on any atom is 0.309 e. The molecule has 4 nitrogen and oxygen atoms in total. The van der Waals surface area contributed by atoms with Gasteiger partial charge < -0.3 is 10.1 Å². The first-order valence-corrected chi connectivity index (χ1v) is 13.2. The van der Waals surface area contributed by atoms with E-state index >= 15 is 0 Å². The van der Waals surface area contributed by atoms with Crippen LogP contribution >= 0.6 is 12.4 Å². The number of esters is 1. The summed E-state index contributed by atoms with van der Waals surface area (Å²) in [6.07, 6.45) is 15.0. The second-order valence-corrected chi connectivity index (χ2v) is 12.3. The van der Waals surface area contributed by atoms with E-state index < -0.39 is 0 Å². The second kappa shape index (κ2) is 9.21. The van der Waals surface area contributed by atoms with Crippen LogP contribution in [0.5, 0.6) is 0 Å². The Labute approximate surface area is 200 Å². The summed E-state index contributed by atoms with van der Waals surface area (Å²) in [5.74, 6) is 3.08. The monoisotopic (exact) mass is 465 g/mol. The molecule has 5 heteroatoms. The van der Waals surface area contributed by atoms with E-state index in [4.69, 9.17) is 4.74 Å². The molecule has 5 saturated carbocycles. The van der Waals surface area contributed by atoms with Crippen LogP contribution in [-0.2, 0) is 14.3 Å². The Balaban J connectivity index is 0.00000245. The molecule has 5 fully saturated rings. The SMILES string of the molecule is COC(=O)[C@H]1CC[C@H]2[C@@H]3CC[C@@H]4CC(=O)CC[C@]4(C)[C@H]3[C@H](NC3CCCCC3)C[C@]12C.Cl. The summed E-state index contributed by atoms with van der Waals surface area (Å²) in [4.78, 5) is 25.1. The molecule has 0 saturated heterocycles. The maximum atomic E-state index is 12.8. The average Bonchev–Trinajstić information content (AvgIpc) is 3.11. The molecule has 8 atom stereocenters. The first-order chi connectivity index (χ1) is 14.9. The number of methoxy groups -OCH3 is 1. The Hall–Kier alpha value is -0.610. The molecule has 5 aliphatic carbocycles. The van der Waals surface area contributed by atoms with Crippen molar-refractivity contribution in [2.24, 2.45) is 40.4 Å². The first kappa shape index (κ1) is 24.5. The Kier molecular flexibility index (Phi) is 7.05. The van der Waals surface area contributed by atoms with Crippen molar-refractivity contribution in [3.05, 3.63) is 0 Å². The third kappa shape index (κ3) is 3.85. The van der Waals surface area contributed by atoms with Gasteiger partial charge in [0.25, 0.3) is 0 Å². The largest absolute Gasteiger partial charge is 0.469 e. The summed E-state index contributed by atoms with van der Waals surface area (Å²) >= 11 is 0. The first-order valence-electron chi connectivity index (χ1n) is 13.2. The topological polar surface area (TPSA) is 55.4 Å². The minimum atomic E-state index is 0. The van der Waals surface area contributed by atoms with E-state index in [2.05, 4.69) is 19.2 Å². The molecule has 0 heterocycles. The van der Waals surface area contributed by atoms with Gasteiger partial charge in [-0.25, -0.2) is 0 Å². The molecule has 0 spiro atoms. The number of ketones is 1. The number of Topliss-reactive ketones (excluding diaryl/α,β-unsaturated/α-hetero) is 1. The van der Waals surface area contributed by atoms with E-state index in [1.54, 1.807) is 7.11 Å². The van der Waals surface area contributed by atoms with Crippen LogP contribution in [0.1, 0.15) is 97.3 Å². The average molecular weight is 466 g/mol. The van der Waals surface area contributed by atoms with E-state index in [9.17, 15) is 9.59 Å². The lowest BCUT2D eigenvalue weighted by Gasteiger charge is -2.63. The molecule has 0 unspecified atom stereocenters. The summed E-state index contributed by atoms with van der Waals surface area (Å²) in [6, 6.07) is 1.10. The summed E-state index contributed by atoms with van der Waals surface area (Å²) in [5.41, 5.74) is 0.322. The Morgan fingerprint density at radius 2 is 1.75 bits per heavy atom. The quantitative estimate of drug-likeness (QED) is 0.542. The fraction of sp³-hybridized carbons (Fsp3) is 0.926. The molecule has 0 aromatic rings. The van der Waals surface area contributed by atoms with Crippen LogP contribution in [0.15, 0.2) is 0 Å². The van der Waals surface area contributed by atoms with Gasteiger partial charge in [0.1, 0.15) is 5.78 Å². The Morgan fingerprint density at radius 3 is 2.47 bits per heavy atom. The normalized spacial score (nSPS) is 46.4. The van der Waals surface area contributed by atoms with Gasteiger partial charge in [0.2, 0.25) is 0 Å². The summed E-state index contributed by atoms with van der Waals surface area (Å²) in [7, 11) is 1.56. The van der Waals surface area contributed by atoms with Crippen molar-refractivity contribution in [3.8, 4) is 0 Å². The minimum absolute atomic E-state index is 0. The van der Waals surface area contributed by atoms with Gasteiger partial charge in [-0.3, -0.25) is 9.59 Å². The molecular formula is C27H44ClNO3. The molecule has 5 rings (SSSR count). The standard InChI is InChI=1S/C27H43NO3.ClH/c1-26-14-13-19(29)15-17(26)9-10-20-21-11-12-22(25(30)31-3)27(21,2)16-23(24(20)26)28-18-7-5-4-6-8-18;/h17-18,20-24,28H,4-16H2,1-3H3;1H/t17-,20+,21+,22-,23-,24-,26+,27+;/m1./s1. The van der Waals surface area contributed by atoms with Gasteiger partial charge >= 0.3 is 5.97 Å². The number of carbonyl (C=O) groups is 2. The summed E-state index contributed by atoms with van der Waals surface area (Å²) in [5, 5.41) is 4.20. The van der Waals surface area contributed by atoms with Gasteiger partial charge in [-0.2, -0.15) is 0 Å². The van der Waals surface area contributed by atoms with Crippen molar-refractivity contribution >= 4 is 24.2 Å². The highest BCUT2D eigenvalue weighted by Crippen LogP contribution is 2.67. The molecule has 1 N–H and O–H groups in total. The van der Waals surface area contributed by atoms with Crippen LogP contribution in [-0.4, -0.2) is 30.9 Å². The van der Waals surface area contributed by atoms with Crippen LogP contribution in [0.3, 0.4) is 0 Å². The lowest BCUT2D eigenvalue weighted by molar-refractivity contribution is -0.161. The molecule has 0 aliphatic heterocycles. The van der Waals surface area contributed by atoms with E-state index in [1.165, 1.54) is 51.4 Å². The molecule has 182 valence electrons. The van der Waals surface area contributed by atoms with E-state index in [-0.39, 0.29) is 35.1 Å². The van der Waals surface area contributed by atoms with Crippen LogP contribution in [0.25, 0.3) is 0 Å². The highest BCUT2D eigenvalue weighted by atomic mass is 35.5. The van der Waals surface area contributed by atoms with Crippen LogP contribution in [0.4, 0.5) is 0 Å². The van der Waals surface area contributed by atoms with Crippen LogP contribution < -0.4 is 5.32 Å². The fourth-order valence-electron chi connectivity index (χ4n) is 9.49. The third-order valence-corrected chi connectivity index (χ3v) is 11.0. The summed E-state index contributed by atoms with van der Waals surface area (Å²) in [6.45, 7) is 4.95. The van der Waals surface area contributed by atoms with Crippen LogP contribution in [0.2, 0.25) is 0 Å². The lowest BCUT2D eigenvalue weighted by Crippen LogP contribution is -2.63. The van der Waals surface area contributed by atoms with Gasteiger partial charge in [0.05, 0.1) is 13.0 Å². The third-order valence-electron chi connectivity index (χ3n) is 11.0. The number of halogens is 1. The number of hydrogen-bond donors (Lipinski definition) is 1. The Morgan fingerprint density at radius 1 is 1.00 bits per heavy atom. The number of rotatable bonds is 3. The van der Waals surface area contributed by atoms with Crippen molar-refractivity contribution < 1.29 is 14.3 Å². The zero-order valence-electron chi connectivity index (χ0n) is 20.4. The fourth-order valence-corrected chi connectivity index (χ4v) is 9.49. The maximum absolute atomic E-state index is 12.8. The highest BCUT2D eigenvalue weighted by Gasteiger charge is 2.64. The van der Waals surface area contributed by atoms with Crippen LogP contribution in [0, 0.1) is 40.4 Å². The summed E-state index contributed by atoms with van der Waals surface area (Å²) < 4.78 is 5.29. The predicted molar refractivity (Wildman–Crippen MR) is 129 cm³/mol. The Bertz CT molecular complexity index is 722. The van der Waals surface area contributed by atoms with E-state index in [0.29, 0.717) is 41.5 Å². The number of fused-ring (bicyclic) bond motifs is 5. The number of carbonyl (C=O) groups excluding carboxylic acids is 2. The number of hydrogen-bond acceptors (Lipinski definition) is 4. The van der Waals surface area contributed by atoms with Gasteiger partial charge in [0.15, 0.2) is 0 Å². The van der Waals surface area contributed by atoms with Crippen molar-refractivity contribution in [1.29, 1.82) is 0 Å². The lowest BCUT2D eigenvalue weighted by atomic mass is 9.43. The van der Waals surface area contributed by atoms with Gasteiger partial charge in [0, 0.05) is 24.9 Å². The van der Waals surface area contributed by atoms with Crippen molar-refractivity contribution in [3.63, 3.8) is 0 Å². The molecule has 5 aliphatic rings. The molecule has 0 aromatic carbocycles.